The first-order chi connectivity index (χ1) is 11.1. The third-order valence-corrected chi connectivity index (χ3v) is 3.70. The molecule has 4 nitrogen and oxygen atoms in total. The summed E-state index contributed by atoms with van der Waals surface area (Å²) < 4.78 is 10.3. The molecule has 0 heterocycles. The van der Waals surface area contributed by atoms with E-state index in [2.05, 4.69) is 12.2 Å². The minimum atomic E-state index is -0.519. The van der Waals surface area contributed by atoms with Gasteiger partial charge >= 0.3 is 6.09 Å². The van der Waals surface area contributed by atoms with E-state index in [0.717, 1.165) is 12.8 Å². The Kier molecular flexibility index (Phi) is 15.4. The van der Waals surface area contributed by atoms with Crippen LogP contribution in [-0.2, 0) is 9.47 Å². The maximum Gasteiger partial charge on any atom is 0.414 e. The van der Waals surface area contributed by atoms with Gasteiger partial charge in [0.05, 0.1) is 13.2 Å². The van der Waals surface area contributed by atoms with E-state index < -0.39 is 6.09 Å². The molecule has 0 aromatic heterocycles. The van der Waals surface area contributed by atoms with Gasteiger partial charge in [0.2, 0.25) is 0 Å². The van der Waals surface area contributed by atoms with E-state index in [0.29, 0.717) is 19.1 Å². The van der Waals surface area contributed by atoms with E-state index >= 15 is 0 Å². The molecular formula is C18H35NO3S. The van der Waals surface area contributed by atoms with Crippen molar-refractivity contribution in [3.63, 3.8) is 0 Å². The number of amides is 1. The van der Waals surface area contributed by atoms with Crippen LogP contribution in [0.5, 0.6) is 0 Å². The number of alkyl carbamates (subject to hydrolysis) is 1. The minimum Gasteiger partial charge on any atom is -0.470 e. The summed E-state index contributed by atoms with van der Waals surface area (Å²) in [5, 5.41) is 2.51. The molecular weight excluding hydrogens is 310 g/mol. The van der Waals surface area contributed by atoms with E-state index in [1.807, 2.05) is 13.8 Å². The number of hydrogen-bond acceptors (Lipinski definition) is 4. The van der Waals surface area contributed by atoms with Gasteiger partial charge in [-0.1, -0.05) is 78.6 Å². The van der Waals surface area contributed by atoms with Crippen LogP contribution in [-0.4, -0.2) is 24.5 Å². The predicted octanol–water partition coefficient (Wildman–Crippen LogP) is 5.59. The number of thiocarbonyl (C=S) groups is 1. The van der Waals surface area contributed by atoms with Crippen LogP contribution in [0.1, 0.15) is 85.0 Å². The molecule has 0 saturated heterocycles. The normalized spacial score (nSPS) is 10.6. The van der Waals surface area contributed by atoms with Crippen molar-refractivity contribution in [2.45, 2.75) is 85.0 Å². The maximum atomic E-state index is 11.5. The van der Waals surface area contributed by atoms with Crippen LogP contribution < -0.4 is 5.32 Å². The van der Waals surface area contributed by atoms with E-state index in [4.69, 9.17) is 21.7 Å². The van der Waals surface area contributed by atoms with Crippen molar-refractivity contribution >= 4 is 23.5 Å². The van der Waals surface area contributed by atoms with Crippen molar-refractivity contribution in [3.05, 3.63) is 0 Å². The molecule has 0 aromatic rings. The van der Waals surface area contributed by atoms with Crippen molar-refractivity contribution in [1.82, 2.24) is 5.32 Å². The largest absolute Gasteiger partial charge is 0.470 e. The molecule has 1 amide bonds. The molecule has 23 heavy (non-hydrogen) atoms. The zero-order valence-electron chi connectivity index (χ0n) is 15.2. The Morgan fingerprint density at radius 3 is 1.96 bits per heavy atom. The second-order valence-corrected chi connectivity index (χ2v) is 6.81. The Morgan fingerprint density at radius 2 is 1.43 bits per heavy atom. The smallest absolute Gasteiger partial charge is 0.414 e. The molecule has 0 fully saturated rings. The lowest BCUT2D eigenvalue weighted by molar-refractivity contribution is 0.145. The quantitative estimate of drug-likeness (QED) is 0.349. The number of nitrogens with one attached hydrogen (secondary N) is 1. The number of ether oxygens (including phenoxy) is 2. The van der Waals surface area contributed by atoms with Crippen molar-refractivity contribution in [1.29, 1.82) is 0 Å². The molecule has 0 saturated carbocycles. The Morgan fingerprint density at radius 1 is 0.913 bits per heavy atom. The highest BCUT2D eigenvalue weighted by Crippen LogP contribution is 2.10. The fourth-order valence-corrected chi connectivity index (χ4v) is 2.30. The summed E-state index contributed by atoms with van der Waals surface area (Å²) in [5.74, 6) is 0.373. The van der Waals surface area contributed by atoms with Gasteiger partial charge in [0.1, 0.15) is 0 Å². The second kappa shape index (κ2) is 16.0. The van der Waals surface area contributed by atoms with E-state index in [1.54, 1.807) is 0 Å². The van der Waals surface area contributed by atoms with Gasteiger partial charge in [0.25, 0.3) is 5.17 Å². The highest BCUT2D eigenvalue weighted by Gasteiger charge is 2.06. The molecule has 0 spiro atoms. The van der Waals surface area contributed by atoms with Crippen LogP contribution in [0.3, 0.4) is 0 Å². The van der Waals surface area contributed by atoms with Crippen molar-refractivity contribution in [2.75, 3.05) is 13.2 Å². The number of carbonyl (C=O) groups is 1. The SMILES string of the molecule is CCCCCCCCCCCCOC(=O)NC(=S)OCC(C)C. The van der Waals surface area contributed by atoms with Crippen molar-refractivity contribution in [3.8, 4) is 0 Å². The van der Waals surface area contributed by atoms with Gasteiger partial charge in [-0.05, 0) is 24.6 Å². The summed E-state index contributed by atoms with van der Waals surface area (Å²) in [4.78, 5) is 11.5. The maximum absolute atomic E-state index is 11.5. The summed E-state index contributed by atoms with van der Waals surface area (Å²) in [6.45, 7) is 7.22. The predicted molar refractivity (Wildman–Crippen MR) is 99.7 cm³/mol. The zero-order chi connectivity index (χ0) is 17.3. The first-order valence-corrected chi connectivity index (χ1v) is 9.57. The molecule has 0 bridgehead atoms. The molecule has 136 valence electrons. The molecule has 0 radical (unpaired) electrons. The number of rotatable bonds is 13. The van der Waals surface area contributed by atoms with Crippen LogP contribution in [0.15, 0.2) is 0 Å². The van der Waals surface area contributed by atoms with E-state index in [9.17, 15) is 4.79 Å². The van der Waals surface area contributed by atoms with Crippen LogP contribution in [0.4, 0.5) is 4.79 Å². The monoisotopic (exact) mass is 345 g/mol. The van der Waals surface area contributed by atoms with Gasteiger partial charge in [-0.15, -0.1) is 0 Å². The highest BCUT2D eigenvalue weighted by atomic mass is 32.1. The summed E-state index contributed by atoms with van der Waals surface area (Å²) in [5.41, 5.74) is 0. The molecule has 1 N–H and O–H groups in total. The summed E-state index contributed by atoms with van der Waals surface area (Å²) in [7, 11) is 0. The zero-order valence-corrected chi connectivity index (χ0v) is 16.0. The average molecular weight is 346 g/mol. The van der Waals surface area contributed by atoms with E-state index in [-0.39, 0.29) is 5.17 Å². The van der Waals surface area contributed by atoms with Gasteiger partial charge in [-0.3, -0.25) is 5.32 Å². The van der Waals surface area contributed by atoms with E-state index in [1.165, 1.54) is 51.4 Å². The summed E-state index contributed by atoms with van der Waals surface area (Å²) >= 11 is 4.90. The first-order valence-electron chi connectivity index (χ1n) is 9.16. The van der Waals surface area contributed by atoms with Gasteiger partial charge in [-0.2, -0.15) is 0 Å². The van der Waals surface area contributed by atoms with Crippen LogP contribution >= 0.6 is 12.2 Å². The van der Waals surface area contributed by atoms with Crippen LogP contribution in [0, 0.1) is 5.92 Å². The number of carbonyl (C=O) groups excluding carboxylic acids is 1. The van der Waals surface area contributed by atoms with Crippen molar-refractivity contribution < 1.29 is 14.3 Å². The number of hydrogen-bond donors (Lipinski definition) is 1. The standard InChI is InChI=1S/C18H35NO3S/c1-4-5-6-7-8-9-10-11-12-13-14-21-17(20)19-18(23)22-15-16(2)3/h16H,4-15H2,1-3H3,(H,19,20,23). The Labute approximate surface area is 147 Å². The molecule has 0 aliphatic rings. The Hall–Kier alpha value is -0.840. The third-order valence-electron chi connectivity index (χ3n) is 3.48. The Bertz CT molecular complexity index is 309. The van der Waals surface area contributed by atoms with Gasteiger partial charge in [-0.25, -0.2) is 4.79 Å². The Balaban J connectivity index is 3.31. The third kappa shape index (κ3) is 17.3. The molecule has 0 aliphatic heterocycles. The first kappa shape index (κ1) is 22.2. The van der Waals surface area contributed by atoms with Gasteiger partial charge < -0.3 is 9.47 Å². The van der Waals surface area contributed by atoms with Crippen LogP contribution in [0.25, 0.3) is 0 Å². The molecule has 0 unspecified atom stereocenters. The lowest BCUT2D eigenvalue weighted by atomic mass is 10.1. The summed E-state index contributed by atoms with van der Waals surface area (Å²) in [6.07, 6.45) is 12.1. The fraction of sp³-hybridized carbons (Fsp3) is 0.889. The molecule has 0 rings (SSSR count). The molecule has 5 heteroatoms. The average Bonchev–Trinajstić information content (AvgIpc) is 2.50. The fourth-order valence-electron chi connectivity index (χ4n) is 2.15. The topological polar surface area (TPSA) is 47.6 Å². The second-order valence-electron chi connectivity index (χ2n) is 6.44. The van der Waals surface area contributed by atoms with Crippen molar-refractivity contribution in [2.24, 2.45) is 5.92 Å². The molecule has 0 aliphatic carbocycles. The highest BCUT2D eigenvalue weighted by molar-refractivity contribution is 7.80. The number of unbranched alkanes of at least 4 members (excludes halogenated alkanes) is 9. The molecule has 0 atom stereocenters. The van der Waals surface area contributed by atoms with Gasteiger partial charge in [0.15, 0.2) is 0 Å². The van der Waals surface area contributed by atoms with Gasteiger partial charge in [0, 0.05) is 0 Å². The lowest BCUT2D eigenvalue weighted by Crippen LogP contribution is -2.32. The lowest BCUT2D eigenvalue weighted by Gasteiger charge is -2.10. The van der Waals surface area contributed by atoms with Crippen LogP contribution in [0.2, 0.25) is 0 Å². The molecule has 0 aromatic carbocycles. The summed E-state index contributed by atoms with van der Waals surface area (Å²) in [6, 6.07) is 0. The minimum absolute atomic E-state index is 0.0896.